The Balaban J connectivity index is 2.13. The van der Waals surface area contributed by atoms with Crippen LogP contribution in [0.3, 0.4) is 0 Å². The molecule has 6 nitrogen and oxygen atoms in total. The standard InChI is InChI=1S/C23H27ClN2O4/c1-15(2)13-19(25-21(27)17-9-11-18(24)12-10-17)22(28)26-20(23(29)30-3)14-16-7-5-4-6-8-16/h4-12,15,19-20H,13-14H2,1-3H3,(H,25,27)(H,26,28)/t19-,20+/m1/s1. The Morgan fingerprint density at radius 2 is 1.57 bits per heavy atom. The maximum Gasteiger partial charge on any atom is 0.328 e. The van der Waals surface area contributed by atoms with E-state index in [1.54, 1.807) is 24.3 Å². The van der Waals surface area contributed by atoms with Crippen molar-refractivity contribution in [2.75, 3.05) is 7.11 Å². The van der Waals surface area contributed by atoms with E-state index < -0.39 is 24.0 Å². The van der Waals surface area contributed by atoms with Crippen LogP contribution in [0, 0.1) is 5.92 Å². The number of carbonyl (C=O) groups is 3. The number of rotatable bonds is 9. The summed E-state index contributed by atoms with van der Waals surface area (Å²) in [6.45, 7) is 3.91. The van der Waals surface area contributed by atoms with Gasteiger partial charge >= 0.3 is 5.97 Å². The maximum atomic E-state index is 13.0. The van der Waals surface area contributed by atoms with E-state index in [1.165, 1.54) is 7.11 Å². The van der Waals surface area contributed by atoms with Crippen LogP contribution in [0.5, 0.6) is 0 Å². The Labute approximate surface area is 182 Å². The third kappa shape index (κ3) is 7.19. The highest BCUT2D eigenvalue weighted by molar-refractivity contribution is 6.30. The van der Waals surface area contributed by atoms with Gasteiger partial charge in [-0.3, -0.25) is 9.59 Å². The number of hydrogen-bond acceptors (Lipinski definition) is 4. The minimum Gasteiger partial charge on any atom is -0.467 e. The quantitative estimate of drug-likeness (QED) is 0.597. The summed E-state index contributed by atoms with van der Waals surface area (Å²) in [5.74, 6) is -1.21. The maximum absolute atomic E-state index is 13.0. The molecule has 2 amide bonds. The van der Waals surface area contributed by atoms with Gasteiger partial charge in [0.05, 0.1) is 7.11 Å². The minimum absolute atomic E-state index is 0.150. The molecule has 0 aromatic heterocycles. The molecule has 2 aromatic carbocycles. The van der Waals surface area contributed by atoms with Gasteiger partial charge in [0, 0.05) is 17.0 Å². The van der Waals surface area contributed by atoms with Crippen LogP contribution >= 0.6 is 11.6 Å². The molecule has 2 aromatic rings. The smallest absolute Gasteiger partial charge is 0.328 e. The van der Waals surface area contributed by atoms with Crippen LogP contribution in [-0.4, -0.2) is 37.0 Å². The lowest BCUT2D eigenvalue weighted by Gasteiger charge is -2.23. The average molecular weight is 431 g/mol. The van der Waals surface area contributed by atoms with Crippen molar-refractivity contribution in [1.82, 2.24) is 10.6 Å². The lowest BCUT2D eigenvalue weighted by molar-refractivity contribution is -0.145. The summed E-state index contributed by atoms with van der Waals surface area (Å²) in [4.78, 5) is 37.8. The van der Waals surface area contributed by atoms with Crippen molar-refractivity contribution in [2.24, 2.45) is 5.92 Å². The van der Waals surface area contributed by atoms with Crippen LogP contribution in [0.25, 0.3) is 0 Å². The summed E-state index contributed by atoms with van der Waals surface area (Å²) in [6, 6.07) is 14.1. The van der Waals surface area contributed by atoms with Crippen LogP contribution in [0.4, 0.5) is 0 Å². The number of esters is 1. The summed E-state index contributed by atoms with van der Waals surface area (Å²) < 4.78 is 4.85. The summed E-state index contributed by atoms with van der Waals surface area (Å²) in [5, 5.41) is 6.02. The topological polar surface area (TPSA) is 84.5 Å². The number of hydrogen-bond donors (Lipinski definition) is 2. The van der Waals surface area contributed by atoms with Gasteiger partial charge in [-0.1, -0.05) is 55.8 Å². The molecule has 0 saturated carbocycles. The Hall–Kier alpha value is -2.86. The zero-order valence-corrected chi connectivity index (χ0v) is 18.1. The first-order valence-corrected chi connectivity index (χ1v) is 10.2. The molecule has 7 heteroatoms. The number of benzene rings is 2. The molecule has 0 saturated heterocycles. The highest BCUT2D eigenvalue weighted by atomic mass is 35.5. The Morgan fingerprint density at radius 3 is 2.13 bits per heavy atom. The predicted molar refractivity (Wildman–Crippen MR) is 116 cm³/mol. The molecule has 2 atom stereocenters. The largest absolute Gasteiger partial charge is 0.467 e. The first kappa shape index (κ1) is 23.4. The van der Waals surface area contributed by atoms with Crippen LogP contribution in [0.15, 0.2) is 54.6 Å². The Bertz CT molecular complexity index is 853. The number of ether oxygens (including phenoxy) is 1. The summed E-state index contributed by atoms with van der Waals surface area (Å²) in [6.07, 6.45) is 0.711. The summed E-state index contributed by atoms with van der Waals surface area (Å²) >= 11 is 5.87. The van der Waals surface area contributed by atoms with E-state index in [-0.39, 0.29) is 11.8 Å². The van der Waals surface area contributed by atoms with Crippen LogP contribution < -0.4 is 10.6 Å². The van der Waals surface area contributed by atoms with Gasteiger partial charge in [-0.05, 0) is 42.2 Å². The molecule has 0 fully saturated rings. The predicted octanol–water partition coefficient (Wildman–Crippen LogP) is 3.39. The molecular formula is C23H27ClN2O4. The lowest BCUT2D eigenvalue weighted by Crippen LogP contribution is -2.52. The second-order valence-corrected chi connectivity index (χ2v) is 7.87. The van der Waals surface area contributed by atoms with Gasteiger partial charge in [0.15, 0.2) is 0 Å². The molecule has 0 radical (unpaired) electrons. The van der Waals surface area contributed by atoms with Gasteiger partial charge in [0.1, 0.15) is 12.1 Å². The molecule has 0 bridgehead atoms. The van der Waals surface area contributed by atoms with Gasteiger partial charge in [-0.15, -0.1) is 0 Å². The SMILES string of the molecule is COC(=O)[C@H](Cc1ccccc1)NC(=O)[C@@H](CC(C)C)NC(=O)c1ccc(Cl)cc1. The van der Waals surface area contributed by atoms with Gasteiger partial charge in [-0.2, -0.15) is 0 Å². The third-order valence-corrected chi connectivity index (χ3v) is 4.77. The van der Waals surface area contributed by atoms with Crippen molar-refractivity contribution in [3.8, 4) is 0 Å². The first-order valence-electron chi connectivity index (χ1n) is 9.78. The van der Waals surface area contributed by atoms with Crippen LogP contribution in [-0.2, 0) is 20.7 Å². The van der Waals surface area contributed by atoms with Gasteiger partial charge in [-0.25, -0.2) is 4.79 Å². The summed E-state index contributed by atoms with van der Waals surface area (Å²) in [7, 11) is 1.28. The van der Waals surface area contributed by atoms with Crippen molar-refractivity contribution in [3.05, 3.63) is 70.7 Å². The van der Waals surface area contributed by atoms with Crippen molar-refractivity contribution >= 4 is 29.4 Å². The second-order valence-electron chi connectivity index (χ2n) is 7.44. The highest BCUT2D eigenvalue weighted by Crippen LogP contribution is 2.12. The highest BCUT2D eigenvalue weighted by Gasteiger charge is 2.28. The van der Waals surface area contributed by atoms with Gasteiger partial charge in [0.2, 0.25) is 5.91 Å². The molecule has 2 N–H and O–H groups in total. The monoisotopic (exact) mass is 430 g/mol. The second kappa shape index (κ2) is 11.4. The van der Waals surface area contributed by atoms with Crippen LogP contribution in [0.1, 0.15) is 36.2 Å². The summed E-state index contributed by atoms with van der Waals surface area (Å²) in [5.41, 5.74) is 1.29. The number of carbonyl (C=O) groups excluding carboxylic acids is 3. The van der Waals surface area contributed by atoms with Crippen molar-refractivity contribution < 1.29 is 19.1 Å². The van der Waals surface area contributed by atoms with E-state index in [0.717, 1.165) is 5.56 Å². The molecule has 160 valence electrons. The molecule has 0 unspecified atom stereocenters. The van der Waals surface area contributed by atoms with Crippen molar-refractivity contribution in [1.29, 1.82) is 0 Å². The van der Waals surface area contributed by atoms with Crippen LogP contribution in [0.2, 0.25) is 5.02 Å². The number of nitrogens with one attached hydrogen (secondary N) is 2. The molecule has 0 spiro atoms. The van der Waals surface area contributed by atoms with E-state index in [4.69, 9.17) is 16.3 Å². The normalized spacial score (nSPS) is 12.7. The van der Waals surface area contributed by atoms with Crippen molar-refractivity contribution in [3.63, 3.8) is 0 Å². The minimum atomic E-state index is -0.855. The van der Waals surface area contributed by atoms with Gasteiger partial charge in [0.25, 0.3) is 5.91 Å². The number of methoxy groups -OCH3 is 1. The van der Waals surface area contributed by atoms with Crippen molar-refractivity contribution in [2.45, 2.75) is 38.8 Å². The lowest BCUT2D eigenvalue weighted by atomic mass is 10.0. The molecular weight excluding hydrogens is 404 g/mol. The fourth-order valence-electron chi connectivity index (χ4n) is 3.00. The average Bonchev–Trinajstić information content (AvgIpc) is 2.73. The molecule has 2 rings (SSSR count). The third-order valence-electron chi connectivity index (χ3n) is 4.52. The molecule has 30 heavy (non-hydrogen) atoms. The molecule has 0 aliphatic rings. The fourth-order valence-corrected chi connectivity index (χ4v) is 3.13. The zero-order chi connectivity index (χ0) is 22.1. The molecule has 0 aliphatic heterocycles. The van der Waals surface area contributed by atoms with E-state index in [9.17, 15) is 14.4 Å². The van der Waals surface area contributed by atoms with E-state index in [2.05, 4.69) is 10.6 Å². The zero-order valence-electron chi connectivity index (χ0n) is 17.4. The van der Waals surface area contributed by atoms with E-state index >= 15 is 0 Å². The Kier molecular flexibility index (Phi) is 8.87. The number of amides is 2. The fraction of sp³-hybridized carbons (Fsp3) is 0.348. The molecule has 0 aliphatic carbocycles. The Morgan fingerprint density at radius 1 is 0.933 bits per heavy atom. The van der Waals surface area contributed by atoms with E-state index in [0.29, 0.717) is 23.4 Å². The van der Waals surface area contributed by atoms with E-state index in [1.807, 2.05) is 44.2 Å². The molecule has 0 heterocycles. The van der Waals surface area contributed by atoms with Gasteiger partial charge < -0.3 is 15.4 Å². The number of halogens is 1. The first-order chi connectivity index (χ1) is 14.3.